The molecule has 4 rings (SSSR count). The van der Waals surface area contributed by atoms with Crippen LogP contribution in [0.25, 0.3) is 0 Å². The maximum atomic E-state index is 12.5. The molecule has 2 saturated heterocycles. The average Bonchev–Trinajstić information content (AvgIpc) is 3.23. The lowest BCUT2D eigenvalue weighted by molar-refractivity contribution is -0.139. The van der Waals surface area contributed by atoms with Crippen LogP contribution in [0.1, 0.15) is 42.5 Å². The Hall–Kier alpha value is -2.65. The summed E-state index contributed by atoms with van der Waals surface area (Å²) in [6.07, 6.45) is 8.35. The van der Waals surface area contributed by atoms with Crippen LogP contribution < -0.4 is 0 Å². The van der Waals surface area contributed by atoms with Crippen molar-refractivity contribution in [2.45, 2.75) is 38.6 Å². The van der Waals surface area contributed by atoms with Crippen molar-refractivity contribution in [2.75, 3.05) is 26.2 Å². The number of nitrogens with one attached hydrogen (secondary N) is 1. The van der Waals surface area contributed by atoms with Crippen molar-refractivity contribution in [1.82, 2.24) is 19.8 Å². The second kappa shape index (κ2) is 8.15. The molecule has 0 unspecified atom stereocenters. The second-order valence-corrected chi connectivity index (χ2v) is 8.27. The zero-order valence-electron chi connectivity index (χ0n) is 16.2. The number of hydrogen-bond donors (Lipinski definition) is 1. The van der Waals surface area contributed by atoms with Gasteiger partial charge in [-0.15, -0.1) is 0 Å². The van der Waals surface area contributed by atoms with Crippen molar-refractivity contribution in [3.63, 3.8) is 0 Å². The lowest BCUT2D eigenvalue weighted by atomic mass is 9.73. The Labute approximate surface area is 166 Å². The number of carbonyl (C=O) groups is 1. The van der Waals surface area contributed by atoms with E-state index in [9.17, 15) is 4.79 Å². The summed E-state index contributed by atoms with van der Waals surface area (Å²) >= 11 is 0. The summed E-state index contributed by atoms with van der Waals surface area (Å²) in [4.78, 5) is 24.2. The lowest BCUT2D eigenvalue weighted by Gasteiger charge is -2.48. The van der Waals surface area contributed by atoms with Gasteiger partial charge in [0.25, 0.3) is 0 Å². The predicted octanol–water partition coefficient (Wildman–Crippen LogP) is 2.73. The number of aromatic amines is 1. The standard InChI is InChI=1S/C22H27N5O/c23-12-18-3-1-4-19(11-18)14-26-9-2-7-22(15-26)8-5-21(28)27(16-22)10-6-20-13-24-17-25-20/h1,3-4,11,13,17H,2,5-10,14-16H2,(H,24,25)/t22-/m1/s1. The number of benzene rings is 1. The summed E-state index contributed by atoms with van der Waals surface area (Å²) < 4.78 is 0. The first-order valence-electron chi connectivity index (χ1n) is 10.1. The molecule has 146 valence electrons. The molecule has 2 aliphatic rings. The molecule has 1 spiro atoms. The average molecular weight is 377 g/mol. The summed E-state index contributed by atoms with van der Waals surface area (Å²) in [6, 6.07) is 10.1. The lowest BCUT2D eigenvalue weighted by Crippen LogP contribution is -2.54. The number of nitriles is 1. The van der Waals surface area contributed by atoms with Gasteiger partial charge in [0.05, 0.1) is 18.0 Å². The SMILES string of the molecule is N#Cc1cccc(CN2CCC[C@@]3(CCC(=O)N(CCc4cnc[nH]4)C3)C2)c1. The van der Waals surface area contributed by atoms with Gasteiger partial charge in [0, 0.05) is 56.3 Å². The van der Waals surface area contributed by atoms with Crippen LogP contribution in [0, 0.1) is 16.7 Å². The van der Waals surface area contributed by atoms with Crippen molar-refractivity contribution < 1.29 is 4.79 Å². The molecule has 6 heteroatoms. The molecule has 1 aromatic carbocycles. The molecule has 2 aromatic rings. The van der Waals surface area contributed by atoms with E-state index in [1.807, 2.05) is 24.4 Å². The molecule has 1 atom stereocenters. The molecule has 1 N–H and O–H groups in total. The molecule has 0 aliphatic carbocycles. The number of likely N-dealkylation sites (tertiary alicyclic amines) is 2. The third-order valence-corrected chi connectivity index (χ3v) is 6.16. The van der Waals surface area contributed by atoms with Gasteiger partial charge in [0.1, 0.15) is 0 Å². The molecule has 2 aliphatic heterocycles. The van der Waals surface area contributed by atoms with Crippen LogP contribution in [0.4, 0.5) is 0 Å². The van der Waals surface area contributed by atoms with E-state index in [1.54, 1.807) is 6.33 Å². The number of nitrogens with zero attached hydrogens (tertiary/aromatic N) is 4. The smallest absolute Gasteiger partial charge is 0.222 e. The van der Waals surface area contributed by atoms with E-state index in [-0.39, 0.29) is 11.3 Å². The number of aromatic nitrogens is 2. The second-order valence-electron chi connectivity index (χ2n) is 8.27. The Balaban J connectivity index is 1.40. The number of hydrogen-bond acceptors (Lipinski definition) is 4. The van der Waals surface area contributed by atoms with E-state index in [0.717, 1.165) is 56.8 Å². The van der Waals surface area contributed by atoms with E-state index in [4.69, 9.17) is 5.26 Å². The normalized spacial score (nSPS) is 23.1. The fraction of sp³-hybridized carbons (Fsp3) is 0.500. The molecule has 0 radical (unpaired) electrons. The third kappa shape index (κ3) is 4.26. The molecule has 28 heavy (non-hydrogen) atoms. The van der Waals surface area contributed by atoms with Crippen LogP contribution >= 0.6 is 0 Å². The Morgan fingerprint density at radius 3 is 3.04 bits per heavy atom. The maximum Gasteiger partial charge on any atom is 0.222 e. The highest BCUT2D eigenvalue weighted by molar-refractivity contribution is 5.77. The molecule has 0 saturated carbocycles. The van der Waals surface area contributed by atoms with Gasteiger partial charge in [-0.3, -0.25) is 9.69 Å². The summed E-state index contributed by atoms with van der Waals surface area (Å²) in [5.41, 5.74) is 3.19. The molecule has 2 fully saturated rings. The fourth-order valence-electron chi connectivity index (χ4n) is 4.76. The quantitative estimate of drug-likeness (QED) is 0.869. The topological polar surface area (TPSA) is 76.0 Å². The first-order chi connectivity index (χ1) is 13.7. The number of rotatable bonds is 5. The summed E-state index contributed by atoms with van der Waals surface area (Å²) in [6.45, 7) is 4.60. The van der Waals surface area contributed by atoms with Gasteiger partial charge in [0.15, 0.2) is 0 Å². The Bertz CT molecular complexity index is 856. The first kappa shape index (κ1) is 18.7. The van der Waals surface area contributed by atoms with Crippen molar-refractivity contribution in [3.05, 3.63) is 53.6 Å². The molecular weight excluding hydrogens is 350 g/mol. The van der Waals surface area contributed by atoms with Gasteiger partial charge in [-0.1, -0.05) is 12.1 Å². The van der Waals surface area contributed by atoms with Gasteiger partial charge in [-0.25, -0.2) is 4.98 Å². The maximum absolute atomic E-state index is 12.5. The van der Waals surface area contributed by atoms with Crippen LogP contribution in [0.3, 0.4) is 0 Å². The molecular formula is C22H27N5O. The Morgan fingerprint density at radius 1 is 1.29 bits per heavy atom. The van der Waals surface area contributed by atoms with E-state index < -0.39 is 0 Å². The zero-order chi connectivity index (χ0) is 19.4. The molecule has 0 bridgehead atoms. The zero-order valence-corrected chi connectivity index (χ0v) is 16.2. The van der Waals surface area contributed by atoms with Gasteiger partial charge >= 0.3 is 0 Å². The highest BCUT2D eigenvalue weighted by Crippen LogP contribution is 2.39. The minimum absolute atomic E-state index is 0.201. The fourth-order valence-corrected chi connectivity index (χ4v) is 4.76. The summed E-state index contributed by atoms with van der Waals surface area (Å²) in [7, 11) is 0. The third-order valence-electron chi connectivity index (χ3n) is 6.16. The van der Waals surface area contributed by atoms with Crippen molar-refractivity contribution in [2.24, 2.45) is 5.41 Å². The van der Waals surface area contributed by atoms with Crippen LogP contribution in [-0.4, -0.2) is 51.9 Å². The van der Waals surface area contributed by atoms with Gasteiger partial charge < -0.3 is 9.88 Å². The molecule has 3 heterocycles. The Morgan fingerprint density at radius 2 is 2.21 bits per heavy atom. The number of H-pyrrole nitrogens is 1. The van der Waals surface area contributed by atoms with E-state index in [0.29, 0.717) is 6.42 Å². The number of imidazole rings is 1. The van der Waals surface area contributed by atoms with Crippen LogP contribution in [-0.2, 0) is 17.8 Å². The number of amides is 1. The minimum atomic E-state index is 0.201. The number of piperidine rings is 2. The van der Waals surface area contributed by atoms with Crippen molar-refractivity contribution in [1.29, 1.82) is 5.26 Å². The largest absolute Gasteiger partial charge is 0.348 e. The summed E-state index contributed by atoms with van der Waals surface area (Å²) in [5, 5.41) is 9.13. The monoisotopic (exact) mass is 377 g/mol. The summed E-state index contributed by atoms with van der Waals surface area (Å²) in [5.74, 6) is 0.281. The van der Waals surface area contributed by atoms with Crippen LogP contribution in [0.15, 0.2) is 36.8 Å². The Kier molecular flexibility index (Phi) is 5.45. The highest BCUT2D eigenvalue weighted by atomic mass is 16.2. The van der Waals surface area contributed by atoms with E-state index in [2.05, 4.69) is 31.9 Å². The van der Waals surface area contributed by atoms with Gasteiger partial charge in [0.2, 0.25) is 5.91 Å². The molecule has 6 nitrogen and oxygen atoms in total. The van der Waals surface area contributed by atoms with E-state index in [1.165, 1.54) is 18.4 Å². The van der Waals surface area contributed by atoms with E-state index >= 15 is 0 Å². The van der Waals surface area contributed by atoms with Gasteiger partial charge in [-0.2, -0.15) is 5.26 Å². The van der Waals surface area contributed by atoms with Crippen molar-refractivity contribution in [3.8, 4) is 6.07 Å². The van der Waals surface area contributed by atoms with Crippen LogP contribution in [0.2, 0.25) is 0 Å². The predicted molar refractivity (Wildman–Crippen MR) is 106 cm³/mol. The number of carbonyl (C=O) groups excluding carboxylic acids is 1. The van der Waals surface area contributed by atoms with Crippen molar-refractivity contribution >= 4 is 5.91 Å². The molecule has 1 amide bonds. The molecule has 1 aromatic heterocycles. The van der Waals surface area contributed by atoms with Gasteiger partial charge in [-0.05, 0) is 43.5 Å². The minimum Gasteiger partial charge on any atom is -0.348 e. The first-order valence-corrected chi connectivity index (χ1v) is 10.1. The highest BCUT2D eigenvalue weighted by Gasteiger charge is 2.41. The van der Waals surface area contributed by atoms with Crippen LogP contribution in [0.5, 0.6) is 0 Å².